The molecule has 0 aliphatic heterocycles. The van der Waals surface area contributed by atoms with Crippen LogP contribution < -0.4 is 5.32 Å². The van der Waals surface area contributed by atoms with Crippen molar-refractivity contribution >= 4 is 29.3 Å². The lowest BCUT2D eigenvalue weighted by atomic mass is 10.1. The zero-order valence-electron chi connectivity index (χ0n) is 11.1. The van der Waals surface area contributed by atoms with E-state index in [1.807, 2.05) is 31.2 Å². The van der Waals surface area contributed by atoms with Gasteiger partial charge in [-0.15, -0.1) is 11.8 Å². The van der Waals surface area contributed by atoms with E-state index in [0.29, 0.717) is 16.0 Å². The zero-order chi connectivity index (χ0) is 13.5. The fourth-order valence-corrected chi connectivity index (χ4v) is 2.58. The average molecular weight is 286 g/mol. The number of rotatable bonds is 6. The molecule has 2 atom stereocenters. The van der Waals surface area contributed by atoms with Crippen LogP contribution in [0.15, 0.2) is 24.3 Å². The fourth-order valence-electron chi connectivity index (χ4n) is 1.52. The first-order valence-electron chi connectivity index (χ1n) is 6.20. The molecule has 0 heterocycles. The molecule has 1 aromatic rings. The van der Waals surface area contributed by atoms with E-state index in [4.69, 9.17) is 11.6 Å². The molecule has 0 saturated carbocycles. The lowest BCUT2D eigenvalue weighted by molar-refractivity contribution is -0.119. The lowest BCUT2D eigenvalue weighted by Gasteiger charge is -2.16. The third kappa shape index (κ3) is 4.91. The molecule has 1 amide bonds. The van der Waals surface area contributed by atoms with Gasteiger partial charge < -0.3 is 5.32 Å². The van der Waals surface area contributed by atoms with Crippen LogP contribution in [0.3, 0.4) is 0 Å². The molecule has 0 aliphatic rings. The number of thioether (sulfide) groups is 1. The normalized spacial score (nSPS) is 14.0. The van der Waals surface area contributed by atoms with Crippen molar-refractivity contribution in [1.29, 1.82) is 0 Å². The Morgan fingerprint density at radius 3 is 2.67 bits per heavy atom. The van der Waals surface area contributed by atoms with Crippen molar-refractivity contribution in [3.05, 3.63) is 34.9 Å². The summed E-state index contributed by atoms with van der Waals surface area (Å²) in [5.41, 5.74) is 0.959. The van der Waals surface area contributed by atoms with E-state index in [0.717, 1.165) is 12.0 Å². The van der Waals surface area contributed by atoms with Crippen molar-refractivity contribution in [3.63, 3.8) is 0 Å². The largest absolute Gasteiger partial charge is 0.349 e. The Hall–Kier alpha value is -0.670. The third-order valence-corrected chi connectivity index (χ3v) is 4.50. The van der Waals surface area contributed by atoms with Gasteiger partial charge in [-0.05, 0) is 25.0 Å². The van der Waals surface area contributed by atoms with Gasteiger partial charge in [-0.25, -0.2) is 0 Å². The van der Waals surface area contributed by atoms with Crippen LogP contribution in [0.4, 0.5) is 0 Å². The second kappa shape index (κ2) is 7.70. The number of benzene rings is 1. The molecular weight excluding hydrogens is 266 g/mol. The molecule has 100 valence electrons. The SMILES string of the molecule is CCC(C)SCC(=O)NC(C)c1ccccc1Cl. The molecule has 0 aromatic heterocycles. The first-order chi connectivity index (χ1) is 8.54. The molecule has 0 saturated heterocycles. The Kier molecular flexibility index (Phi) is 6.58. The molecular formula is C14H20ClNOS. The van der Waals surface area contributed by atoms with Gasteiger partial charge in [-0.3, -0.25) is 4.79 Å². The summed E-state index contributed by atoms with van der Waals surface area (Å²) in [6.45, 7) is 6.21. The monoisotopic (exact) mass is 285 g/mol. The second-order valence-corrected chi connectivity index (χ2v) is 6.17. The number of hydrogen-bond donors (Lipinski definition) is 1. The average Bonchev–Trinajstić information content (AvgIpc) is 2.36. The summed E-state index contributed by atoms with van der Waals surface area (Å²) in [5.74, 6) is 0.566. The molecule has 0 fully saturated rings. The lowest BCUT2D eigenvalue weighted by Crippen LogP contribution is -2.28. The van der Waals surface area contributed by atoms with Crippen LogP contribution in [0.5, 0.6) is 0 Å². The van der Waals surface area contributed by atoms with Crippen LogP contribution in [-0.4, -0.2) is 16.9 Å². The predicted molar refractivity (Wildman–Crippen MR) is 80.2 cm³/mol. The summed E-state index contributed by atoms with van der Waals surface area (Å²) in [4.78, 5) is 11.8. The Balaban J connectivity index is 2.47. The minimum Gasteiger partial charge on any atom is -0.349 e. The van der Waals surface area contributed by atoms with E-state index in [9.17, 15) is 4.79 Å². The standard InChI is InChI=1S/C14H20ClNOS/c1-4-10(2)18-9-14(17)16-11(3)12-7-5-6-8-13(12)15/h5-8,10-11H,4,9H2,1-3H3,(H,16,17). The topological polar surface area (TPSA) is 29.1 Å². The molecule has 0 bridgehead atoms. The van der Waals surface area contributed by atoms with Crippen molar-refractivity contribution in [1.82, 2.24) is 5.32 Å². The number of amides is 1. The predicted octanol–water partition coefficient (Wildman–Crippen LogP) is 4.05. The van der Waals surface area contributed by atoms with Gasteiger partial charge in [-0.2, -0.15) is 0 Å². The van der Waals surface area contributed by atoms with E-state index in [1.54, 1.807) is 11.8 Å². The molecule has 1 N–H and O–H groups in total. The Morgan fingerprint density at radius 2 is 2.06 bits per heavy atom. The Labute approximate surface area is 118 Å². The number of hydrogen-bond acceptors (Lipinski definition) is 2. The van der Waals surface area contributed by atoms with Crippen LogP contribution in [0.1, 0.15) is 38.8 Å². The highest BCUT2D eigenvalue weighted by Gasteiger charge is 2.12. The number of carbonyl (C=O) groups excluding carboxylic acids is 1. The summed E-state index contributed by atoms with van der Waals surface area (Å²) in [6, 6.07) is 7.54. The molecule has 1 aromatic carbocycles. The van der Waals surface area contributed by atoms with Crippen LogP contribution in [-0.2, 0) is 4.79 Å². The van der Waals surface area contributed by atoms with Gasteiger partial charge in [-0.1, -0.05) is 43.6 Å². The molecule has 1 rings (SSSR count). The minimum atomic E-state index is -0.0521. The van der Waals surface area contributed by atoms with Gasteiger partial charge >= 0.3 is 0 Å². The van der Waals surface area contributed by atoms with Crippen LogP contribution >= 0.6 is 23.4 Å². The van der Waals surface area contributed by atoms with E-state index in [-0.39, 0.29) is 11.9 Å². The van der Waals surface area contributed by atoms with Crippen LogP contribution in [0.2, 0.25) is 5.02 Å². The molecule has 0 spiro atoms. The summed E-state index contributed by atoms with van der Waals surface area (Å²) in [6.07, 6.45) is 1.08. The maximum absolute atomic E-state index is 11.8. The van der Waals surface area contributed by atoms with Gasteiger partial charge in [0.1, 0.15) is 0 Å². The quantitative estimate of drug-likeness (QED) is 0.854. The highest BCUT2D eigenvalue weighted by Crippen LogP contribution is 2.22. The van der Waals surface area contributed by atoms with Gasteiger partial charge in [0.05, 0.1) is 11.8 Å². The van der Waals surface area contributed by atoms with Gasteiger partial charge in [0, 0.05) is 10.3 Å². The van der Waals surface area contributed by atoms with Gasteiger partial charge in [0.25, 0.3) is 0 Å². The summed E-state index contributed by atoms with van der Waals surface area (Å²) in [7, 11) is 0. The maximum Gasteiger partial charge on any atom is 0.230 e. The Morgan fingerprint density at radius 1 is 1.39 bits per heavy atom. The molecule has 2 nitrogen and oxygen atoms in total. The molecule has 0 radical (unpaired) electrons. The third-order valence-electron chi connectivity index (χ3n) is 2.82. The molecule has 4 heteroatoms. The van der Waals surface area contributed by atoms with E-state index >= 15 is 0 Å². The van der Waals surface area contributed by atoms with Crippen molar-refractivity contribution in [3.8, 4) is 0 Å². The zero-order valence-corrected chi connectivity index (χ0v) is 12.6. The van der Waals surface area contributed by atoms with E-state index in [2.05, 4.69) is 19.2 Å². The number of nitrogens with one attached hydrogen (secondary N) is 1. The van der Waals surface area contributed by atoms with Crippen molar-refractivity contribution < 1.29 is 4.79 Å². The van der Waals surface area contributed by atoms with Crippen LogP contribution in [0.25, 0.3) is 0 Å². The van der Waals surface area contributed by atoms with Crippen molar-refractivity contribution in [2.24, 2.45) is 0 Å². The van der Waals surface area contributed by atoms with Gasteiger partial charge in [0.2, 0.25) is 5.91 Å². The number of carbonyl (C=O) groups is 1. The van der Waals surface area contributed by atoms with Crippen molar-refractivity contribution in [2.45, 2.75) is 38.5 Å². The molecule has 18 heavy (non-hydrogen) atoms. The maximum atomic E-state index is 11.8. The van der Waals surface area contributed by atoms with E-state index in [1.165, 1.54) is 0 Å². The molecule has 0 aliphatic carbocycles. The Bertz CT molecular complexity index is 397. The van der Waals surface area contributed by atoms with Gasteiger partial charge in [0.15, 0.2) is 0 Å². The number of halogens is 1. The molecule has 2 unspecified atom stereocenters. The minimum absolute atomic E-state index is 0.0521. The summed E-state index contributed by atoms with van der Waals surface area (Å²) in [5, 5.41) is 4.19. The van der Waals surface area contributed by atoms with E-state index < -0.39 is 0 Å². The van der Waals surface area contributed by atoms with Crippen LogP contribution in [0, 0.1) is 0 Å². The van der Waals surface area contributed by atoms with Crippen molar-refractivity contribution in [2.75, 3.05) is 5.75 Å². The first-order valence-corrected chi connectivity index (χ1v) is 7.62. The highest BCUT2D eigenvalue weighted by atomic mass is 35.5. The first kappa shape index (κ1) is 15.4. The summed E-state index contributed by atoms with van der Waals surface area (Å²) >= 11 is 7.78. The summed E-state index contributed by atoms with van der Waals surface area (Å²) < 4.78 is 0. The fraction of sp³-hybridized carbons (Fsp3) is 0.500. The second-order valence-electron chi connectivity index (χ2n) is 4.34. The smallest absolute Gasteiger partial charge is 0.230 e. The highest BCUT2D eigenvalue weighted by molar-refractivity contribution is 8.00.